The second kappa shape index (κ2) is 6.03. The van der Waals surface area contributed by atoms with Crippen molar-refractivity contribution in [1.29, 1.82) is 0 Å². The first kappa shape index (κ1) is 14.9. The van der Waals surface area contributed by atoms with E-state index in [1.54, 1.807) is 24.3 Å². The van der Waals surface area contributed by atoms with Gasteiger partial charge in [-0.15, -0.1) is 0 Å². The maximum Gasteiger partial charge on any atom is 0.266 e. The van der Waals surface area contributed by atoms with E-state index in [9.17, 15) is 14.0 Å². The molecule has 1 aliphatic heterocycles. The maximum atomic E-state index is 14.3. The Bertz CT molecular complexity index is 829. The number of imide groups is 1. The Balaban J connectivity index is 1.96. The molecular weight excluding hydrogens is 297 g/mol. The third kappa shape index (κ3) is 2.60. The molecule has 2 amide bonds. The second-order valence-corrected chi connectivity index (χ2v) is 4.93. The summed E-state index contributed by atoms with van der Waals surface area (Å²) in [6.45, 7) is -0.0669. The number of rotatable bonds is 2. The molecular formula is C18H12FNO3. The van der Waals surface area contributed by atoms with E-state index in [4.69, 9.17) is 5.11 Å². The number of fused-ring (bicyclic) bond motifs is 1. The summed E-state index contributed by atoms with van der Waals surface area (Å²) in [7, 11) is 0. The molecule has 0 bridgehead atoms. The van der Waals surface area contributed by atoms with Gasteiger partial charge in [0.1, 0.15) is 5.82 Å². The van der Waals surface area contributed by atoms with Crippen molar-refractivity contribution in [3.63, 3.8) is 0 Å². The molecule has 0 aliphatic carbocycles. The van der Waals surface area contributed by atoms with Crippen LogP contribution in [-0.4, -0.2) is 23.5 Å². The van der Waals surface area contributed by atoms with Crippen LogP contribution < -0.4 is 4.90 Å². The summed E-state index contributed by atoms with van der Waals surface area (Å²) in [5.74, 6) is 3.62. The molecule has 0 aromatic heterocycles. The van der Waals surface area contributed by atoms with Crippen LogP contribution in [0.3, 0.4) is 0 Å². The van der Waals surface area contributed by atoms with E-state index in [0.717, 1.165) is 4.90 Å². The first-order valence-corrected chi connectivity index (χ1v) is 7.00. The molecule has 0 fully saturated rings. The molecule has 4 nitrogen and oxygen atoms in total. The number of halogens is 1. The molecule has 5 heteroatoms. The molecule has 0 saturated carbocycles. The van der Waals surface area contributed by atoms with E-state index >= 15 is 0 Å². The topological polar surface area (TPSA) is 57.6 Å². The van der Waals surface area contributed by atoms with E-state index in [-0.39, 0.29) is 23.4 Å². The average molecular weight is 309 g/mol. The van der Waals surface area contributed by atoms with Crippen LogP contribution in [0.4, 0.5) is 10.1 Å². The number of amides is 2. The fourth-order valence-corrected chi connectivity index (χ4v) is 2.39. The SMILES string of the molecule is O=C1c2ccccc2C(=O)N1c1ccc(C#CCCO)cc1F. The van der Waals surface area contributed by atoms with Crippen LogP contribution in [0.25, 0.3) is 0 Å². The second-order valence-electron chi connectivity index (χ2n) is 4.93. The third-order valence-electron chi connectivity index (χ3n) is 3.45. The number of aliphatic hydroxyl groups is 1. The van der Waals surface area contributed by atoms with Gasteiger partial charge in [0.05, 0.1) is 23.4 Å². The van der Waals surface area contributed by atoms with Gasteiger partial charge in [-0.3, -0.25) is 9.59 Å². The van der Waals surface area contributed by atoms with Crippen LogP contribution in [-0.2, 0) is 0 Å². The highest BCUT2D eigenvalue weighted by atomic mass is 19.1. The number of nitrogens with zero attached hydrogens (tertiary/aromatic N) is 1. The fraction of sp³-hybridized carbons (Fsp3) is 0.111. The number of hydrogen-bond acceptors (Lipinski definition) is 3. The van der Waals surface area contributed by atoms with Gasteiger partial charge in [-0.1, -0.05) is 24.0 Å². The zero-order chi connectivity index (χ0) is 16.4. The van der Waals surface area contributed by atoms with Crippen molar-refractivity contribution in [1.82, 2.24) is 0 Å². The zero-order valence-corrected chi connectivity index (χ0v) is 12.0. The Kier molecular flexibility index (Phi) is 3.92. The molecule has 3 rings (SSSR count). The van der Waals surface area contributed by atoms with Crippen LogP contribution in [0.15, 0.2) is 42.5 Å². The number of carbonyl (C=O) groups is 2. The van der Waals surface area contributed by atoms with Gasteiger partial charge in [-0.05, 0) is 30.3 Å². The molecule has 2 aromatic carbocycles. The fourth-order valence-electron chi connectivity index (χ4n) is 2.39. The van der Waals surface area contributed by atoms with Crippen LogP contribution in [0.5, 0.6) is 0 Å². The van der Waals surface area contributed by atoms with Gasteiger partial charge in [0.15, 0.2) is 0 Å². The van der Waals surface area contributed by atoms with Gasteiger partial charge < -0.3 is 5.11 Å². The number of benzene rings is 2. The van der Waals surface area contributed by atoms with Crippen molar-refractivity contribution in [3.8, 4) is 11.8 Å². The maximum absolute atomic E-state index is 14.3. The molecule has 1 heterocycles. The summed E-state index contributed by atoms with van der Waals surface area (Å²) in [4.78, 5) is 25.5. The molecule has 1 N–H and O–H groups in total. The Morgan fingerprint density at radius 3 is 2.26 bits per heavy atom. The normalized spacial score (nSPS) is 12.9. The van der Waals surface area contributed by atoms with Crippen molar-refractivity contribution in [2.24, 2.45) is 0 Å². The third-order valence-corrected chi connectivity index (χ3v) is 3.45. The van der Waals surface area contributed by atoms with Gasteiger partial charge in [0, 0.05) is 12.0 Å². The highest BCUT2D eigenvalue weighted by Gasteiger charge is 2.37. The largest absolute Gasteiger partial charge is 0.395 e. The molecule has 0 spiro atoms. The van der Waals surface area contributed by atoms with Crippen molar-refractivity contribution in [2.75, 3.05) is 11.5 Å². The van der Waals surface area contributed by atoms with Crippen LogP contribution in [0.2, 0.25) is 0 Å². The first-order chi connectivity index (χ1) is 11.1. The smallest absolute Gasteiger partial charge is 0.266 e. The lowest BCUT2D eigenvalue weighted by molar-refractivity contribution is 0.0925. The molecule has 23 heavy (non-hydrogen) atoms. The van der Waals surface area contributed by atoms with Gasteiger partial charge in [-0.2, -0.15) is 0 Å². The summed E-state index contributed by atoms with van der Waals surface area (Å²) >= 11 is 0. The zero-order valence-electron chi connectivity index (χ0n) is 12.0. The van der Waals surface area contributed by atoms with Crippen molar-refractivity contribution in [3.05, 3.63) is 65.0 Å². The molecule has 114 valence electrons. The van der Waals surface area contributed by atoms with Crippen molar-refractivity contribution >= 4 is 17.5 Å². The Labute approximate surface area is 132 Å². The highest BCUT2D eigenvalue weighted by molar-refractivity contribution is 6.34. The average Bonchev–Trinajstić information content (AvgIpc) is 2.80. The van der Waals surface area contributed by atoms with Crippen LogP contribution >= 0.6 is 0 Å². The van der Waals surface area contributed by atoms with E-state index in [1.165, 1.54) is 18.2 Å². The first-order valence-electron chi connectivity index (χ1n) is 7.00. The molecule has 0 atom stereocenters. The minimum atomic E-state index is -0.699. The van der Waals surface area contributed by atoms with Crippen molar-refractivity contribution < 1.29 is 19.1 Å². The number of carbonyl (C=O) groups excluding carboxylic acids is 2. The molecule has 2 aromatic rings. The van der Waals surface area contributed by atoms with Gasteiger partial charge in [0.25, 0.3) is 11.8 Å². The van der Waals surface area contributed by atoms with Crippen LogP contribution in [0.1, 0.15) is 32.7 Å². The molecule has 0 saturated heterocycles. The lowest BCUT2D eigenvalue weighted by Gasteiger charge is -2.14. The molecule has 0 unspecified atom stereocenters. The molecule has 1 aliphatic rings. The Morgan fingerprint density at radius 2 is 1.70 bits per heavy atom. The Hall–Kier alpha value is -2.97. The number of aliphatic hydroxyl groups excluding tert-OH is 1. The number of hydrogen-bond donors (Lipinski definition) is 1. The standard InChI is InChI=1S/C18H12FNO3/c19-15-11-12(5-3-4-10-21)8-9-16(15)20-17(22)13-6-1-2-7-14(13)18(20)23/h1-2,6-9,11,21H,4,10H2. The summed E-state index contributed by atoms with van der Waals surface area (Å²) in [6, 6.07) is 10.5. The predicted molar refractivity (Wildman–Crippen MR) is 82.6 cm³/mol. The highest BCUT2D eigenvalue weighted by Crippen LogP contribution is 2.30. The van der Waals surface area contributed by atoms with E-state index in [2.05, 4.69) is 11.8 Å². The molecule has 0 radical (unpaired) electrons. The summed E-state index contributed by atoms with van der Waals surface area (Å²) in [5, 5.41) is 8.67. The van der Waals surface area contributed by atoms with Crippen LogP contribution in [0, 0.1) is 17.7 Å². The lowest BCUT2D eigenvalue weighted by Crippen LogP contribution is -2.30. The Morgan fingerprint density at radius 1 is 1.04 bits per heavy atom. The number of anilines is 1. The summed E-state index contributed by atoms with van der Waals surface area (Å²) in [5.41, 5.74) is 0.854. The minimum absolute atomic E-state index is 0.0669. The van der Waals surface area contributed by atoms with E-state index < -0.39 is 17.6 Å². The van der Waals surface area contributed by atoms with Gasteiger partial charge in [0.2, 0.25) is 0 Å². The van der Waals surface area contributed by atoms with E-state index in [0.29, 0.717) is 12.0 Å². The van der Waals surface area contributed by atoms with E-state index in [1.807, 2.05) is 0 Å². The monoisotopic (exact) mass is 309 g/mol. The van der Waals surface area contributed by atoms with Crippen molar-refractivity contribution in [2.45, 2.75) is 6.42 Å². The van der Waals surface area contributed by atoms with Gasteiger partial charge >= 0.3 is 0 Å². The summed E-state index contributed by atoms with van der Waals surface area (Å²) < 4.78 is 14.3. The summed E-state index contributed by atoms with van der Waals surface area (Å²) in [6.07, 6.45) is 0.293. The predicted octanol–water partition coefficient (Wildman–Crippen LogP) is 2.36. The lowest BCUT2D eigenvalue weighted by atomic mass is 10.1. The minimum Gasteiger partial charge on any atom is -0.395 e. The quantitative estimate of drug-likeness (QED) is 0.684. The van der Waals surface area contributed by atoms with Gasteiger partial charge in [-0.25, -0.2) is 9.29 Å².